The van der Waals surface area contributed by atoms with Gasteiger partial charge in [0.25, 0.3) is 0 Å². The molecule has 2 aromatic rings. The molecule has 0 aliphatic heterocycles. The molecule has 19 heavy (non-hydrogen) atoms. The second-order valence-electron chi connectivity index (χ2n) is 4.31. The van der Waals surface area contributed by atoms with Gasteiger partial charge in [0.05, 0.1) is 13.2 Å². The third-order valence-electron chi connectivity index (χ3n) is 3.06. The lowest BCUT2D eigenvalue weighted by Crippen LogP contribution is -2.18. The second-order valence-corrected chi connectivity index (χ2v) is 4.31. The minimum Gasteiger partial charge on any atom is -0.481 e. The number of aromatic nitrogens is 4. The van der Waals surface area contributed by atoms with E-state index in [9.17, 15) is 0 Å². The molecular formula is C12H17N5O2. The van der Waals surface area contributed by atoms with Crippen molar-refractivity contribution in [1.29, 1.82) is 0 Å². The Morgan fingerprint density at radius 1 is 1.42 bits per heavy atom. The van der Waals surface area contributed by atoms with Crippen LogP contribution in [-0.2, 0) is 0 Å². The molecule has 0 saturated heterocycles. The predicted molar refractivity (Wildman–Crippen MR) is 68.3 cm³/mol. The summed E-state index contributed by atoms with van der Waals surface area (Å²) in [4.78, 5) is 12.3. The van der Waals surface area contributed by atoms with Gasteiger partial charge in [-0.2, -0.15) is 4.98 Å². The van der Waals surface area contributed by atoms with Gasteiger partial charge < -0.3 is 15.0 Å². The van der Waals surface area contributed by atoms with Crippen molar-refractivity contribution in [2.75, 3.05) is 7.11 Å². The van der Waals surface area contributed by atoms with E-state index >= 15 is 0 Å². The van der Waals surface area contributed by atoms with Gasteiger partial charge in [0.15, 0.2) is 0 Å². The van der Waals surface area contributed by atoms with E-state index in [0.717, 1.165) is 6.42 Å². The highest BCUT2D eigenvalue weighted by atomic mass is 16.5. The average Bonchev–Trinajstić information content (AvgIpc) is 2.95. The summed E-state index contributed by atoms with van der Waals surface area (Å²) in [6, 6.07) is 1.37. The van der Waals surface area contributed by atoms with Crippen molar-refractivity contribution >= 4 is 0 Å². The molecule has 2 aromatic heterocycles. The molecule has 2 atom stereocenters. The average molecular weight is 263 g/mol. The Kier molecular flexibility index (Phi) is 4.06. The van der Waals surface area contributed by atoms with Gasteiger partial charge in [0.1, 0.15) is 12.0 Å². The van der Waals surface area contributed by atoms with Gasteiger partial charge in [0, 0.05) is 6.07 Å². The maximum absolute atomic E-state index is 6.04. The SMILES string of the molecule is CCC(C)[C@H](N)c1nc(-c2cc(OC)ncn2)no1. The van der Waals surface area contributed by atoms with Crippen molar-refractivity contribution in [2.45, 2.75) is 26.3 Å². The van der Waals surface area contributed by atoms with Crippen LogP contribution in [0.1, 0.15) is 32.2 Å². The number of ether oxygens (including phenoxy) is 1. The van der Waals surface area contributed by atoms with Crippen LogP contribution < -0.4 is 10.5 Å². The molecule has 0 radical (unpaired) electrons. The van der Waals surface area contributed by atoms with E-state index in [1.165, 1.54) is 13.4 Å². The standard InChI is InChI=1S/C12H17N5O2/c1-4-7(2)10(13)12-16-11(17-19-12)8-5-9(18-3)15-6-14-8/h5-7,10H,4,13H2,1-3H3/t7?,10-/m0/s1. The van der Waals surface area contributed by atoms with Crippen LogP contribution in [0.15, 0.2) is 16.9 Å². The number of nitrogens with two attached hydrogens (primary N) is 1. The van der Waals surface area contributed by atoms with Crippen molar-refractivity contribution in [1.82, 2.24) is 20.1 Å². The van der Waals surface area contributed by atoms with Crippen LogP contribution in [0.25, 0.3) is 11.5 Å². The van der Waals surface area contributed by atoms with E-state index in [1.54, 1.807) is 6.07 Å². The van der Waals surface area contributed by atoms with Gasteiger partial charge in [-0.15, -0.1) is 0 Å². The van der Waals surface area contributed by atoms with Crippen LogP contribution in [0.5, 0.6) is 5.88 Å². The van der Waals surface area contributed by atoms with Gasteiger partial charge in [-0.05, 0) is 5.92 Å². The highest BCUT2D eigenvalue weighted by Crippen LogP contribution is 2.23. The molecule has 1 unspecified atom stereocenters. The molecule has 0 aliphatic rings. The Bertz CT molecular complexity index is 542. The summed E-state index contributed by atoms with van der Waals surface area (Å²) in [5, 5.41) is 3.89. The maximum Gasteiger partial charge on any atom is 0.244 e. The van der Waals surface area contributed by atoms with Crippen LogP contribution in [-0.4, -0.2) is 27.2 Å². The summed E-state index contributed by atoms with van der Waals surface area (Å²) in [5.41, 5.74) is 6.58. The summed E-state index contributed by atoms with van der Waals surface area (Å²) in [5.74, 6) is 1.52. The highest BCUT2D eigenvalue weighted by Gasteiger charge is 2.21. The van der Waals surface area contributed by atoms with E-state index in [0.29, 0.717) is 23.3 Å². The fourth-order valence-corrected chi connectivity index (χ4v) is 1.55. The summed E-state index contributed by atoms with van der Waals surface area (Å²) in [7, 11) is 1.53. The Morgan fingerprint density at radius 2 is 2.21 bits per heavy atom. The Morgan fingerprint density at radius 3 is 2.89 bits per heavy atom. The van der Waals surface area contributed by atoms with Gasteiger partial charge in [-0.3, -0.25) is 0 Å². The first-order chi connectivity index (χ1) is 9.15. The maximum atomic E-state index is 6.04. The normalized spacial score (nSPS) is 14.1. The van der Waals surface area contributed by atoms with Gasteiger partial charge >= 0.3 is 0 Å². The molecule has 2 rings (SSSR count). The molecule has 2 N–H and O–H groups in total. The first kappa shape index (κ1) is 13.4. The number of hydrogen-bond acceptors (Lipinski definition) is 7. The summed E-state index contributed by atoms with van der Waals surface area (Å²) in [6.07, 6.45) is 2.33. The topological polar surface area (TPSA) is 100.0 Å². The van der Waals surface area contributed by atoms with Crippen molar-refractivity contribution in [2.24, 2.45) is 11.7 Å². The lowest BCUT2D eigenvalue weighted by molar-refractivity contribution is 0.312. The Balaban J connectivity index is 2.25. The fraction of sp³-hybridized carbons (Fsp3) is 0.500. The third kappa shape index (κ3) is 2.87. The number of rotatable bonds is 5. The van der Waals surface area contributed by atoms with E-state index in [4.69, 9.17) is 15.0 Å². The first-order valence-corrected chi connectivity index (χ1v) is 6.11. The molecule has 0 fully saturated rings. The lowest BCUT2D eigenvalue weighted by atomic mass is 10.0. The summed E-state index contributed by atoms with van der Waals surface area (Å²) < 4.78 is 10.2. The highest BCUT2D eigenvalue weighted by molar-refractivity contribution is 5.49. The van der Waals surface area contributed by atoms with Crippen molar-refractivity contribution < 1.29 is 9.26 Å². The molecule has 2 heterocycles. The zero-order valence-electron chi connectivity index (χ0n) is 11.2. The van der Waals surface area contributed by atoms with E-state index in [1.807, 2.05) is 6.92 Å². The van der Waals surface area contributed by atoms with Crippen molar-refractivity contribution in [3.63, 3.8) is 0 Å². The summed E-state index contributed by atoms with van der Waals surface area (Å²) >= 11 is 0. The van der Waals surface area contributed by atoms with E-state index in [-0.39, 0.29) is 12.0 Å². The molecule has 7 heteroatoms. The molecule has 0 amide bonds. The smallest absolute Gasteiger partial charge is 0.244 e. The summed E-state index contributed by atoms with van der Waals surface area (Å²) in [6.45, 7) is 4.11. The second kappa shape index (κ2) is 5.75. The molecule has 0 bridgehead atoms. The predicted octanol–water partition coefficient (Wildman–Crippen LogP) is 1.58. The van der Waals surface area contributed by atoms with Crippen molar-refractivity contribution in [3.8, 4) is 17.4 Å². The van der Waals surface area contributed by atoms with Crippen LogP contribution in [0, 0.1) is 5.92 Å². The fourth-order valence-electron chi connectivity index (χ4n) is 1.55. The van der Waals surface area contributed by atoms with Crippen LogP contribution in [0.2, 0.25) is 0 Å². The Hall–Kier alpha value is -2.02. The molecule has 7 nitrogen and oxygen atoms in total. The van der Waals surface area contributed by atoms with Gasteiger partial charge in [-0.25, -0.2) is 9.97 Å². The van der Waals surface area contributed by atoms with E-state index < -0.39 is 0 Å². The number of hydrogen-bond donors (Lipinski definition) is 1. The van der Waals surface area contributed by atoms with Gasteiger partial charge in [-0.1, -0.05) is 25.4 Å². The van der Waals surface area contributed by atoms with Crippen LogP contribution >= 0.6 is 0 Å². The molecule has 102 valence electrons. The minimum absolute atomic E-state index is 0.269. The van der Waals surface area contributed by atoms with Crippen molar-refractivity contribution in [3.05, 3.63) is 18.3 Å². The Labute approximate surface area is 111 Å². The monoisotopic (exact) mass is 263 g/mol. The molecule has 0 spiro atoms. The van der Waals surface area contributed by atoms with Gasteiger partial charge in [0.2, 0.25) is 17.6 Å². The molecular weight excluding hydrogens is 246 g/mol. The lowest BCUT2D eigenvalue weighted by Gasteiger charge is -2.12. The first-order valence-electron chi connectivity index (χ1n) is 6.11. The third-order valence-corrected chi connectivity index (χ3v) is 3.06. The minimum atomic E-state index is -0.269. The van der Waals surface area contributed by atoms with Crippen LogP contribution in [0.3, 0.4) is 0 Å². The van der Waals surface area contributed by atoms with Crippen LogP contribution in [0.4, 0.5) is 0 Å². The zero-order chi connectivity index (χ0) is 13.8. The number of methoxy groups -OCH3 is 1. The largest absolute Gasteiger partial charge is 0.481 e. The quantitative estimate of drug-likeness (QED) is 0.873. The molecule has 0 saturated carbocycles. The zero-order valence-corrected chi connectivity index (χ0v) is 11.2. The molecule has 0 aliphatic carbocycles. The van der Waals surface area contributed by atoms with E-state index in [2.05, 4.69) is 27.0 Å². The number of nitrogens with zero attached hydrogens (tertiary/aromatic N) is 4. The molecule has 0 aromatic carbocycles.